The van der Waals surface area contributed by atoms with Gasteiger partial charge in [-0.1, -0.05) is 28.1 Å². The van der Waals surface area contributed by atoms with Crippen LogP contribution in [0.3, 0.4) is 0 Å². The number of ether oxygens (including phenoxy) is 1. The Bertz CT molecular complexity index is 551. The Morgan fingerprint density at radius 1 is 1.22 bits per heavy atom. The van der Waals surface area contributed by atoms with Gasteiger partial charge in [-0.15, -0.1) is 0 Å². The zero-order valence-corrected chi connectivity index (χ0v) is 11.5. The molecule has 0 amide bonds. The van der Waals surface area contributed by atoms with Crippen LogP contribution in [-0.4, -0.2) is 0 Å². The molecule has 0 aliphatic carbocycles. The highest BCUT2D eigenvalue weighted by molar-refractivity contribution is 9.10. The monoisotopic (exact) mass is 309 g/mol. The summed E-state index contributed by atoms with van der Waals surface area (Å²) in [5, 5.41) is 0. The fourth-order valence-corrected chi connectivity index (χ4v) is 2.11. The van der Waals surface area contributed by atoms with Gasteiger partial charge in [0.1, 0.15) is 17.3 Å². The lowest BCUT2D eigenvalue weighted by atomic mass is 10.1. The highest BCUT2D eigenvalue weighted by Crippen LogP contribution is 2.28. The standard InChI is InChI=1S/C14H13BrFNO/c1-9-4-10(8-17)2-3-14(9)18-13-6-11(15)5-12(16)7-13/h2-7H,8,17H2,1H3. The van der Waals surface area contributed by atoms with Crippen LogP contribution in [0.1, 0.15) is 11.1 Å². The van der Waals surface area contributed by atoms with E-state index in [9.17, 15) is 4.39 Å². The molecule has 0 atom stereocenters. The topological polar surface area (TPSA) is 35.2 Å². The van der Waals surface area contributed by atoms with Crippen LogP contribution >= 0.6 is 15.9 Å². The molecule has 2 aromatic carbocycles. The van der Waals surface area contributed by atoms with E-state index in [1.54, 1.807) is 6.07 Å². The van der Waals surface area contributed by atoms with Crippen molar-refractivity contribution < 1.29 is 9.13 Å². The molecule has 0 spiro atoms. The van der Waals surface area contributed by atoms with E-state index >= 15 is 0 Å². The molecule has 94 valence electrons. The predicted molar refractivity (Wildman–Crippen MR) is 73.2 cm³/mol. The van der Waals surface area contributed by atoms with E-state index in [4.69, 9.17) is 10.5 Å². The molecule has 4 heteroatoms. The minimum Gasteiger partial charge on any atom is -0.457 e. The Hall–Kier alpha value is -1.39. The summed E-state index contributed by atoms with van der Waals surface area (Å²) in [6, 6.07) is 10.2. The number of hydrogen-bond acceptors (Lipinski definition) is 2. The van der Waals surface area contributed by atoms with Gasteiger partial charge in [0.25, 0.3) is 0 Å². The summed E-state index contributed by atoms with van der Waals surface area (Å²) < 4.78 is 19.5. The first-order valence-electron chi connectivity index (χ1n) is 5.52. The second-order valence-electron chi connectivity index (χ2n) is 4.01. The van der Waals surface area contributed by atoms with Crippen LogP contribution in [0.2, 0.25) is 0 Å². The minimum absolute atomic E-state index is 0.337. The summed E-state index contributed by atoms with van der Waals surface area (Å²) in [5.41, 5.74) is 7.58. The van der Waals surface area contributed by atoms with Crippen molar-refractivity contribution in [3.8, 4) is 11.5 Å². The zero-order chi connectivity index (χ0) is 13.1. The van der Waals surface area contributed by atoms with Gasteiger partial charge < -0.3 is 10.5 Å². The number of nitrogens with two attached hydrogens (primary N) is 1. The number of aryl methyl sites for hydroxylation is 1. The SMILES string of the molecule is Cc1cc(CN)ccc1Oc1cc(F)cc(Br)c1. The van der Waals surface area contributed by atoms with Crippen molar-refractivity contribution in [3.63, 3.8) is 0 Å². The fourth-order valence-electron chi connectivity index (χ4n) is 1.67. The Labute approximate surface area is 114 Å². The smallest absolute Gasteiger partial charge is 0.131 e. The fraction of sp³-hybridized carbons (Fsp3) is 0.143. The van der Waals surface area contributed by atoms with Crippen molar-refractivity contribution in [2.75, 3.05) is 0 Å². The predicted octanol–water partition coefficient (Wildman–Crippen LogP) is 4.15. The largest absolute Gasteiger partial charge is 0.457 e. The van der Waals surface area contributed by atoms with Crippen molar-refractivity contribution in [1.29, 1.82) is 0 Å². The molecule has 0 aliphatic heterocycles. The van der Waals surface area contributed by atoms with Gasteiger partial charge in [0, 0.05) is 17.1 Å². The molecule has 2 rings (SSSR count). The Morgan fingerprint density at radius 2 is 2.00 bits per heavy atom. The van der Waals surface area contributed by atoms with Gasteiger partial charge in [0.15, 0.2) is 0 Å². The lowest BCUT2D eigenvalue weighted by Gasteiger charge is -2.10. The number of halogens is 2. The van der Waals surface area contributed by atoms with Crippen molar-refractivity contribution in [2.24, 2.45) is 5.73 Å². The third-order valence-corrected chi connectivity index (χ3v) is 3.00. The molecule has 0 aliphatic rings. The van der Waals surface area contributed by atoms with Crippen molar-refractivity contribution in [2.45, 2.75) is 13.5 Å². The number of benzene rings is 2. The molecule has 0 fully saturated rings. The Kier molecular flexibility index (Phi) is 3.99. The molecule has 0 heterocycles. The van der Waals surface area contributed by atoms with Gasteiger partial charge >= 0.3 is 0 Å². The van der Waals surface area contributed by atoms with E-state index in [0.29, 0.717) is 22.5 Å². The van der Waals surface area contributed by atoms with E-state index in [0.717, 1.165) is 11.1 Å². The highest BCUT2D eigenvalue weighted by atomic mass is 79.9. The van der Waals surface area contributed by atoms with Gasteiger partial charge in [-0.05, 0) is 36.2 Å². The first kappa shape index (κ1) is 13.1. The summed E-state index contributed by atoms with van der Waals surface area (Å²) in [5.74, 6) is 0.825. The normalized spacial score (nSPS) is 10.4. The van der Waals surface area contributed by atoms with E-state index in [1.807, 2.05) is 25.1 Å². The Balaban J connectivity index is 2.28. The average molecular weight is 310 g/mol. The van der Waals surface area contributed by atoms with Crippen LogP contribution in [0.15, 0.2) is 40.9 Å². The summed E-state index contributed by atoms with van der Waals surface area (Å²) in [6.07, 6.45) is 0. The van der Waals surface area contributed by atoms with Gasteiger partial charge in [0.2, 0.25) is 0 Å². The molecule has 0 saturated heterocycles. The van der Waals surface area contributed by atoms with Gasteiger partial charge in [-0.3, -0.25) is 0 Å². The summed E-state index contributed by atoms with van der Waals surface area (Å²) in [7, 11) is 0. The molecule has 2 N–H and O–H groups in total. The van der Waals surface area contributed by atoms with Crippen molar-refractivity contribution in [3.05, 3.63) is 57.8 Å². The third kappa shape index (κ3) is 3.09. The van der Waals surface area contributed by atoms with Crippen LogP contribution < -0.4 is 10.5 Å². The first-order chi connectivity index (χ1) is 8.58. The minimum atomic E-state index is -0.337. The van der Waals surface area contributed by atoms with Gasteiger partial charge in [0.05, 0.1) is 0 Å². The van der Waals surface area contributed by atoms with Crippen LogP contribution in [-0.2, 0) is 6.54 Å². The van der Waals surface area contributed by atoms with E-state index in [1.165, 1.54) is 12.1 Å². The average Bonchev–Trinajstić information content (AvgIpc) is 2.30. The van der Waals surface area contributed by atoms with Crippen LogP contribution in [0.5, 0.6) is 11.5 Å². The van der Waals surface area contributed by atoms with E-state index < -0.39 is 0 Å². The number of hydrogen-bond donors (Lipinski definition) is 1. The van der Waals surface area contributed by atoms with Crippen molar-refractivity contribution >= 4 is 15.9 Å². The maximum Gasteiger partial charge on any atom is 0.131 e. The lowest BCUT2D eigenvalue weighted by molar-refractivity contribution is 0.472. The van der Waals surface area contributed by atoms with Gasteiger partial charge in [-0.2, -0.15) is 0 Å². The molecule has 2 aromatic rings. The van der Waals surface area contributed by atoms with Crippen LogP contribution in [0.25, 0.3) is 0 Å². The zero-order valence-electron chi connectivity index (χ0n) is 9.91. The molecule has 0 aromatic heterocycles. The van der Waals surface area contributed by atoms with Crippen molar-refractivity contribution in [1.82, 2.24) is 0 Å². The number of rotatable bonds is 3. The molecule has 0 saturated carbocycles. The quantitative estimate of drug-likeness (QED) is 0.924. The third-order valence-electron chi connectivity index (χ3n) is 2.54. The lowest BCUT2D eigenvalue weighted by Crippen LogP contribution is -1.97. The molecule has 0 radical (unpaired) electrons. The maximum absolute atomic E-state index is 13.2. The molecular weight excluding hydrogens is 297 g/mol. The molecule has 0 bridgehead atoms. The van der Waals surface area contributed by atoms with Gasteiger partial charge in [-0.25, -0.2) is 4.39 Å². The second kappa shape index (κ2) is 5.50. The second-order valence-corrected chi connectivity index (χ2v) is 4.93. The molecule has 18 heavy (non-hydrogen) atoms. The molecular formula is C14H13BrFNO. The van der Waals surface area contributed by atoms with Crippen LogP contribution in [0, 0.1) is 12.7 Å². The summed E-state index contributed by atoms with van der Waals surface area (Å²) >= 11 is 3.23. The first-order valence-corrected chi connectivity index (χ1v) is 6.31. The highest BCUT2D eigenvalue weighted by Gasteiger charge is 2.05. The molecule has 0 unspecified atom stereocenters. The Morgan fingerprint density at radius 3 is 2.61 bits per heavy atom. The summed E-state index contributed by atoms with van der Waals surface area (Å²) in [4.78, 5) is 0. The summed E-state index contributed by atoms with van der Waals surface area (Å²) in [6.45, 7) is 2.43. The van der Waals surface area contributed by atoms with Crippen LogP contribution in [0.4, 0.5) is 4.39 Å². The van der Waals surface area contributed by atoms with E-state index in [-0.39, 0.29) is 5.82 Å². The maximum atomic E-state index is 13.2. The molecule has 2 nitrogen and oxygen atoms in total. The van der Waals surface area contributed by atoms with E-state index in [2.05, 4.69) is 15.9 Å².